The molecule has 2 N–H and O–H groups in total. The Hall–Kier alpha value is -1.60. The van der Waals surface area contributed by atoms with Crippen LogP contribution in [0, 0.1) is 0 Å². The van der Waals surface area contributed by atoms with E-state index in [2.05, 4.69) is 69.3 Å². The van der Waals surface area contributed by atoms with Crippen molar-refractivity contribution >= 4 is 0 Å². The van der Waals surface area contributed by atoms with Gasteiger partial charge < -0.3 is 5.73 Å². The van der Waals surface area contributed by atoms with Gasteiger partial charge in [-0.3, -0.25) is 0 Å². The van der Waals surface area contributed by atoms with Gasteiger partial charge in [0.15, 0.2) is 0 Å². The second-order valence-electron chi connectivity index (χ2n) is 5.81. The van der Waals surface area contributed by atoms with Gasteiger partial charge in [0.05, 0.1) is 0 Å². The normalized spacial score (nSPS) is 14.0. The van der Waals surface area contributed by atoms with E-state index in [0.29, 0.717) is 0 Å². The van der Waals surface area contributed by atoms with Crippen molar-refractivity contribution in [2.45, 2.75) is 45.6 Å². The lowest BCUT2D eigenvalue weighted by Gasteiger charge is -2.26. The van der Waals surface area contributed by atoms with E-state index in [0.717, 1.165) is 19.3 Å². The second kappa shape index (κ2) is 6.23. The molecule has 1 unspecified atom stereocenters. The molecule has 0 spiro atoms. The summed E-state index contributed by atoms with van der Waals surface area (Å²) in [4.78, 5) is 0. The molecule has 2 aromatic carbocycles. The van der Waals surface area contributed by atoms with Crippen molar-refractivity contribution in [1.82, 2.24) is 0 Å². The van der Waals surface area contributed by atoms with Crippen LogP contribution < -0.4 is 5.73 Å². The van der Waals surface area contributed by atoms with Crippen molar-refractivity contribution < 1.29 is 0 Å². The monoisotopic (exact) mass is 267 g/mol. The number of hydrogen-bond donors (Lipinski definition) is 1. The number of hydrogen-bond acceptors (Lipinski definition) is 1. The van der Waals surface area contributed by atoms with Crippen LogP contribution in [-0.2, 0) is 24.8 Å². The maximum absolute atomic E-state index is 6.53. The van der Waals surface area contributed by atoms with E-state index in [1.165, 1.54) is 22.3 Å². The highest BCUT2D eigenvalue weighted by molar-refractivity contribution is 5.31. The summed E-state index contributed by atoms with van der Waals surface area (Å²) >= 11 is 0. The van der Waals surface area contributed by atoms with E-state index >= 15 is 0 Å². The molecule has 1 heteroatoms. The molecule has 0 aliphatic carbocycles. The van der Waals surface area contributed by atoms with Crippen LogP contribution in [0.5, 0.6) is 0 Å². The van der Waals surface area contributed by atoms with E-state index in [-0.39, 0.29) is 5.54 Å². The fourth-order valence-electron chi connectivity index (χ4n) is 2.54. The molecule has 106 valence electrons. The summed E-state index contributed by atoms with van der Waals surface area (Å²) in [6.07, 6.45) is 3.02. The fourth-order valence-corrected chi connectivity index (χ4v) is 2.54. The Morgan fingerprint density at radius 1 is 0.750 bits per heavy atom. The third kappa shape index (κ3) is 3.49. The van der Waals surface area contributed by atoms with Crippen molar-refractivity contribution in [3.63, 3.8) is 0 Å². The molecule has 0 fully saturated rings. The van der Waals surface area contributed by atoms with Gasteiger partial charge in [0.2, 0.25) is 0 Å². The number of rotatable bonds is 5. The van der Waals surface area contributed by atoms with Gasteiger partial charge in [-0.05, 0) is 48.4 Å². The molecule has 0 saturated heterocycles. The molecule has 1 nitrogen and oxygen atoms in total. The first-order valence-corrected chi connectivity index (χ1v) is 7.51. The molecule has 0 bridgehead atoms. The smallest absolute Gasteiger partial charge is 0.0421 e. The summed E-state index contributed by atoms with van der Waals surface area (Å²) in [5.74, 6) is 0. The van der Waals surface area contributed by atoms with Crippen LogP contribution in [0.2, 0.25) is 0 Å². The fraction of sp³-hybridized carbons (Fsp3) is 0.368. The molecule has 0 aliphatic heterocycles. The zero-order chi connectivity index (χ0) is 14.6. The molecule has 1 atom stereocenters. The minimum Gasteiger partial charge on any atom is -0.321 e. The SMILES string of the molecule is CCc1ccc(CC(C)(N)c2ccc(CC)cc2)cc1. The van der Waals surface area contributed by atoms with Crippen molar-refractivity contribution in [2.24, 2.45) is 5.73 Å². The van der Waals surface area contributed by atoms with E-state index in [1.54, 1.807) is 0 Å². The van der Waals surface area contributed by atoms with Crippen LogP contribution in [-0.4, -0.2) is 0 Å². The van der Waals surface area contributed by atoms with Gasteiger partial charge in [-0.15, -0.1) is 0 Å². The highest BCUT2D eigenvalue weighted by Gasteiger charge is 2.21. The average molecular weight is 267 g/mol. The van der Waals surface area contributed by atoms with Gasteiger partial charge in [-0.2, -0.15) is 0 Å². The minimum atomic E-state index is -0.319. The van der Waals surface area contributed by atoms with Gasteiger partial charge in [0.25, 0.3) is 0 Å². The Bertz CT molecular complexity index is 535. The summed E-state index contributed by atoms with van der Waals surface area (Å²) in [5, 5.41) is 0. The lowest BCUT2D eigenvalue weighted by Crippen LogP contribution is -2.35. The first-order valence-electron chi connectivity index (χ1n) is 7.51. The molecule has 2 rings (SSSR count). The predicted molar refractivity (Wildman–Crippen MR) is 86.9 cm³/mol. The van der Waals surface area contributed by atoms with Crippen LogP contribution in [0.3, 0.4) is 0 Å². The van der Waals surface area contributed by atoms with Gasteiger partial charge in [-0.25, -0.2) is 0 Å². The maximum atomic E-state index is 6.53. The zero-order valence-corrected chi connectivity index (χ0v) is 12.8. The van der Waals surface area contributed by atoms with Crippen LogP contribution in [0.15, 0.2) is 48.5 Å². The highest BCUT2D eigenvalue weighted by Crippen LogP contribution is 2.23. The molecule has 0 saturated carbocycles. The summed E-state index contributed by atoms with van der Waals surface area (Å²) in [6, 6.07) is 17.5. The number of aryl methyl sites for hydroxylation is 2. The molecule has 0 radical (unpaired) electrons. The summed E-state index contributed by atoms with van der Waals surface area (Å²) in [5.41, 5.74) is 11.4. The molecule has 0 amide bonds. The molecule has 0 heterocycles. The standard InChI is InChI=1S/C19H25N/c1-4-15-6-8-17(9-7-15)14-19(3,20)18-12-10-16(5-2)11-13-18/h6-13H,4-5,14,20H2,1-3H3. The third-order valence-electron chi connectivity index (χ3n) is 4.02. The summed E-state index contributed by atoms with van der Waals surface area (Å²) in [7, 11) is 0. The van der Waals surface area contributed by atoms with E-state index in [4.69, 9.17) is 5.73 Å². The van der Waals surface area contributed by atoms with Crippen LogP contribution in [0.25, 0.3) is 0 Å². The van der Waals surface area contributed by atoms with Crippen LogP contribution >= 0.6 is 0 Å². The Morgan fingerprint density at radius 2 is 1.15 bits per heavy atom. The van der Waals surface area contributed by atoms with Gasteiger partial charge in [0, 0.05) is 5.54 Å². The Morgan fingerprint density at radius 3 is 1.60 bits per heavy atom. The van der Waals surface area contributed by atoms with Crippen LogP contribution in [0.4, 0.5) is 0 Å². The van der Waals surface area contributed by atoms with Crippen molar-refractivity contribution in [1.29, 1.82) is 0 Å². The first-order chi connectivity index (χ1) is 9.55. The summed E-state index contributed by atoms with van der Waals surface area (Å²) < 4.78 is 0. The lowest BCUT2D eigenvalue weighted by molar-refractivity contribution is 0.491. The predicted octanol–water partition coefficient (Wildman–Crippen LogP) is 4.23. The molecule has 2 aromatic rings. The van der Waals surface area contributed by atoms with E-state index in [1.807, 2.05) is 0 Å². The largest absolute Gasteiger partial charge is 0.321 e. The number of benzene rings is 2. The van der Waals surface area contributed by atoms with Crippen molar-refractivity contribution in [3.8, 4) is 0 Å². The van der Waals surface area contributed by atoms with Crippen molar-refractivity contribution in [2.75, 3.05) is 0 Å². The lowest BCUT2D eigenvalue weighted by atomic mass is 9.86. The van der Waals surface area contributed by atoms with Gasteiger partial charge in [-0.1, -0.05) is 62.4 Å². The highest BCUT2D eigenvalue weighted by atomic mass is 14.7. The van der Waals surface area contributed by atoms with Crippen molar-refractivity contribution in [3.05, 3.63) is 70.8 Å². The third-order valence-corrected chi connectivity index (χ3v) is 4.02. The molecular formula is C19H25N. The topological polar surface area (TPSA) is 26.0 Å². The van der Waals surface area contributed by atoms with Gasteiger partial charge in [0.1, 0.15) is 0 Å². The number of nitrogens with two attached hydrogens (primary N) is 1. The molecule has 20 heavy (non-hydrogen) atoms. The quantitative estimate of drug-likeness (QED) is 0.862. The Labute approximate surface area is 122 Å². The minimum absolute atomic E-state index is 0.319. The van der Waals surface area contributed by atoms with E-state index in [9.17, 15) is 0 Å². The maximum Gasteiger partial charge on any atom is 0.0421 e. The molecule has 0 aromatic heterocycles. The summed E-state index contributed by atoms with van der Waals surface area (Å²) in [6.45, 7) is 6.46. The first kappa shape index (κ1) is 14.8. The molecular weight excluding hydrogens is 242 g/mol. The Kier molecular flexibility index (Phi) is 4.61. The Balaban J connectivity index is 2.15. The van der Waals surface area contributed by atoms with Crippen LogP contribution in [0.1, 0.15) is 43.0 Å². The average Bonchev–Trinajstić information content (AvgIpc) is 2.48. The second-order valence-corrected chi connectivity index (χ2v) is 5.81. The van der Waals surface area contributed by atoms with Gasteiger partial charge >= 0.3 is 0 Å². The van der Waals surface area contributed by atoms with E-state index < -0.39 is 0 Å². The molecule has 0 aliphatic rings. The zero-order valence-electron chi connectivity index (χ0n) is 12.8.